The normalized spacial score (nSPS) is 19.9. The number of hydrogen-bond donors (Lipinski definition) is 0. The van der Waals surface area contributed by atoms with Crippen LogP contribution in [0.15, 0.2) is 41.7 Å². The Labute approximate surface area is 172 Å². The fraction of sp³-hybridized carbons (Fsp3) is 0.381. The van der Waals surface area contributed by atoms with Crippen LogP contribution in [0.5, 0.6) is 0 Å². The minimum absolute atomic E-state index is 0.173. The highest BCUT2D eigenvalue weighted by atomic mass is 32.2. The lowest BCUT2D eigenvalue weighted by atomic mass is 9.98. The maximum Gasteiger partial charge on any atom is 0.233 e. The molecule has 28 heavy (non-hydrogen) atoms. The summed E-state index contributed by atoms with van der Waals surface area (Å²) in [5, 5.41) is 0.828. The zero-order valence-corrected chi connectivity index (χ0v) is 17.5. The molecule has 0 N–H and O–H groups in total. The van der Waals surface area contributed by atoms with Crippen molar-refractivity contribution >= 4 is 39.2 Å². The van der Waals surface area contributed by atoms with Gasteiger partial charge in [0.15, 0.2) is 0 Å². The summed E-state index contributed by atoms with van der Waals surface area (Å²) in [6, 6.07) is 9.05. The fourth-order valence-electron chi connectivity index (χ4n) is 3.81. The van der Waals surface area contributed by atoms with E-state index >= 15 is 0 Å². The average Bonchev–Trinajstić information content (AvgIpc) is 3.11. The molecule has 0 bridgehead atoms. The first-order valence-electron chi connectivity index (χ1n) is 9.47. The number of amides is 1. The lowest BCUT2D eigenvalue weighted by Gasteiger charge is -2.39. The Bertz CT molecular complexity index is 979. The Hall–Kier alpha value is -1.99. The highest BCUT2D eigenvalue weighted by Gasteiger charge is 2.28. The van der Waals surface area contributed by atoms with Crippen LogP contribution in [0.3, 0.4) is 0 Å². The van der Waals surface area contributed by atoms with Crippen LogP contribution in [0.4, 0.5) is 4.39 Å². The third-order valence-corrected chi connectivity index (χ3v) is 7.50. The first-order valence-corrected chi connectivity index (χ1v) is 11.3. The number of aromatic nitrogens is 2. The molecule has 0 saturated carbocycles. The Morgan fingerprint density at radius 3 is 2.64 bits per heavy atom. The van der Waals surface area contributed by atoms with Gasteiger partial charge in [-0.25, -0.2) is 14.4 Å². The lowest BCUT2D eigenvalue weighted by Crippen LogP contribution is -2.48. The zero-order chi connectivity index (χ0) is 19.7. The van der Waals surface area contributed by atoms with E-state index in [1.165, 1.54) is 30.3 Å². The molecule has 1 aliphatic rings. The van der Waals surface area contributed by atoms with E-state index in [0.29, 0.717) is 17.8 Å². The van der Waals surface area contributed by atoms with Crippen molar-refractivity contribution in [2.45, 2.75) is 50.2 Å². The van der Waals surface area contributed by atoms with E-state index in [9.17, 15) is 9.18 Å². The first-order chi connectivity index (χ1) is 13.5. The van der Waals surface area contributed by atoms with Gasteiger partial charge in [-0.3, -0.25) is 4.79 Å². The molecule has 3 aromatic rings. The zero-order valence-electron chi connectivity index (χ0n) is 15.9. The minimum atomic E-state index is -0.249. The molecule has 1 saturated heterocycles. The predicted octanol–water partition coefficient (Wildman–Crippen LogP) is 5.38. The molecule has 2 aromatic heterocycles. The quantitative estimate of drug-likeness (QED) is 0.424. The molecule has 1 aliphatic heterocycles. The van der Waals surface area contributed by atoms with Crippen molar-refractivity contribution in [1.29, 1.82) is 0 Å². The maximum absolute atomic E-state index is 13.2. The van der Waals surface area contributed by atoms with E-state index in [0.717, 1.165) is 38.5 Å². The molecule has 1 amide bonds. The van der Waals surface area contributed by atoms with E-state index in [1.54, 1.807) is 29.8 Å². The Kier molecular flexibility index (Phi) is 5.64. The smallest absolute Gasteiger partial charge is 0.233 e. The number of carbonyl (C=O) groups excluding carboxylic acids is 1. The molecule has 4 rings (SSSR count). The van der Waals surface area contributed by atoms with Crippen molar-refractivity contribution in [1.82, 2.24) is 14.9 Å². The molecule has 3 heterocycles. The number of hydrogen-bond acceptors (Lipinski definition) is 5. The van der Waals surface area contributed by atoms with Gasteiger partial charge in [0.2, 0.25) is 5.91 Å². The molecule has 2 atom stereocenters. The number of piperidine rings is 1. The number of benzene rings is 1. The summed E-state index contributed by atoms with van der Waals surface area (Å²) in [5.74, 6) is 0.303. The summed E-state index contributed by atoms with van der Waals surface area (Å²) in [5.41, 5.74) is 1.81. The van der Waals surface area contributed by atoms with Gasteiger partial charge in [0, 0.05) is 17.0 Å². The van der Waals surface area contributed by atoms with Crippen LogP contribution in [0, 0.1) is 5.82 Å². The highest BCUT2D eigenvalue weighted by Crippen LogP contribution is 2.37. The van der Waals surface area contributed by atoms with E-state index in [4.69, 9.17) is 0 Å². The summed E-state index contributed by atoms with van der Waals surface area (Å²) >= 11 is 3.05. The van der Waals surface area contributed by atoms with Gasteiger partial charge in [-0.1, -0.05) is 23.9 Å². The molecule has 4 nitrogen and oxygen atoms in total. The molecule has 146 valence electrons. The Morgan fingerprint density at radius 1 is 1.21 bits per heavy atom. The number of thiophene rings is 1. The summed E-state index contributed by atoms with van der Waals surface area (Å²) in [4.78, 5) is 24.6. The molecule has 0 radical (unpaired) electrons. The molecule has 1 fully saturated rings. The van der Waals surface area contributed by atoms with Crippen LogP contribution in [-0.2, 0) is 4.79 Å². The number of carbonyl (C=O) groups is 1. The van der Waals surface area contributed by atoms with Gasteiger partial charge in [-0.2, -0.15) is 0 Å². The second-order valence-corrected chi connectivity index (χ2v) is 9.25. The standard InChI is InChI=1S/C21H22FN3OS2/c1-13-4-3-5-14(2)25(13)19(26)11-27-21-20-17(23-12-24-21)10-18(28-20)15-6-8-16(22)9-7-15/h6-10,12-14H,3-5,11H2,1-2H3/t13-,14-/m1/s1. The Morgan fingerprint density at radius 2 is 1.93 bits per heavy atom. The largest absolute Gasteiger partial charge is 0.337 e. The average molecular weight is 416 g/mol. The number of nitrogens with zero attached hydrogens (tertiary/aromatic N) is 3. The molecular formula is C21H22FN3OS2. The van der Waals surface area contributed by atoms with E-state index in [-0.39, 0.29) is 11.7 Å². The minimum Gasteiger partial charge on any atom is -0.337 e. The summed E-state index contributed by atoms with van der Waals surface area (Å²) in [6.07, 6.45) is 4.88. The van der Waals surface area contributed by atoms with Crippen LogP contribution in [0.1, 0.15) is 33.1 Å². The number of fused-ring (bicyclic) bond motifs is 1. The van der Waals surface area contributed by atoms with E-state index < -0.39 is 0 Å². The maximum atomic E-state index is 13.2. The fourth-order valence-corrected chi connectivity index (χ4v) is 5.88. The van der Waals surface area contributed by atoms with Crippen molar-refractivity contribution in [3.8, 4) is 10.4 Å². The van der Waals surface area contributed by atoms with Gasteiger partial charge in [0.05, 0.1) is 16.0 Å². The first kappa shape index (κ1) is 19.3. The van der Waals surface area contributed by atoms with Crippen molar-refractivity contribution in [2.75, 3.05) is 5.75 Å². The molecule has 0 aliphatic carbocycles. The number of likely N-dealkylation sites (tertiary alicyclic amines) is 1. The number of rotatable bonds is 4. The molecule has 1 aromatic carbocycles. The van der Waals surface area contributed by atoms with Crippen LogP contribution in [0.25, 0.3) is 20.7 Å². The number of halogens is 1. The lowest BCUT2D eigenvalue weighted by molar-refractivity contribution is -0.134. The summed E-state index contributed by atoms with van der Waals surface area (Å²) < 4.78 is 14.2. The van der Waals surface area contributed by atoms with Gasteiger partial charge in [0.1, 0.15) is 17.2 Å². The van der Waals surface area contributed by atoms with Crippen LogP contribution < -0.4 is 0 Å². The topological polar surface area (TPSA) is 46.1 Å². The number of thioether (sulfide) groups is 1. The van der Waals surface area contributed by atoms with Crippen LogP contribution in [-0.4, -0.2) is 38.6 Å². The molecule has 0 spiro atoms. The van der Waals surface area contributed by atoms with Gasteiger partial charge in [-0.15, -0.1) is 11.3 Å². The van der Waals surface area contributed by atoms with Crippen molar-refractivity contribution in [2.24, 2.45) is 0 Å². The van der Waals surface area contributed by atoms with Crippen molar-refractivity contribution in [3.05, 3.63) is 42.5 Å². The monoisotopic (exact) mass is 415 g/mol. The van der Waals surface area contributed by atoms with E-state index in [2.05, 4.69) is 23.8 Å². The van der Waals surface area contributed by atoms with Crippen molar-refractivity contribution in [3.63, 3.8) is 0 Å². The highest BCUT2D eigenvalue weighted by molar-refractivity contribution is 8.00. The second-order valence-electron chi connectivity index (χ2n) is 7.23. The second kappa shape index (κ2) is 8.17. The third kappa shape index (κ3) is 3.91. The van der Waals surface area contributed by atoms with Gasteiger partial charge in [-0.05, 0) is 56.9 Å². The molecule has 7 heteroatoms. The molecule has 0 unspecified atom stereocenters. The molecular weight excluding hydrogens is 393 g/mol. The van der Waals surface area contributed by atoms with Gasteiger partial charge < -0.3 is 4.90 Å². The van der Waals surface area contributed by atoms with Gasteiger partial charge in [0.25, 0.3) is 0 Å². The SMILES string of the molecule is C[C@@H]1CCC[C@@H](C)N1C(=O)CSc1ncnc2cc(-c3ccc(F)cc3)sc12. The van der Waals surface area contributed by atoms with Crippen molar-refractivity contribution < 1.29 is 9.18 Å². The van der Waals surface area contributed by atoms with Crippen LogP contribution >= 0.6 is 23.1 Å². The van der Waals surface area contributed by atoms with Gasteiger partial charge >= 0.3 is 0 Å². The summed E-state index contributed by atoms with van der Waals surface area (Å²) in [7, 11) is 0. The Balaban J connectivity index is 1.54. The third-order valence-electron chi connectivity index (χ3n) is 5.22. The predicted molar refractivity (Wildman–Crippen MR) is 113 cm³/mol. The van der Waals surface area contributed by atoms with Crippen LogP contribution in [0.2, 0.25) is 0 Å². The van der Waals surface area contributed by atoms with E-state index in [1.807, 2.05) is 11.0 Å². The summed E-state index contributed by atoms with van der Waals surface area (Å²) in [6.45, 7) is 4.27.